The normalized spacial score (nSPS) is 10.3. The highest BCUT2D eigenvalue weighted by molar-refractivity contribution is 9.10. The predicted octanol–water partition coefficient (Wildman–Crippen LogP) is 3.56. The van der Waals surface area contributed by atoms with E-state index in [9.17, 15) is 13.6 Å². The Balaban J connectivity index is 2.30. The second-order valence-electron chi connectivity index (χ2n) is 3.82. The fourth-order valence-corrected chi connectivity index (χ4v) is 1.86. The first-order valence-electron chi connectivity index (χ1n) is 5.29. The fourth-order valence-electron chi connectivity index (χ4n) is 1.50. The van der Waals surface area contributed by atoms with Crippen LogP contribution in [0.5, 0.6) is 0 Å². The standard InChI is InChI=1S/C13H9BrF2N2O/c14-7-1-3-11(16)12(5-7)18-13(19)9-6-8(17)2-4-10(9)15/h1-6H,17H2,(H,18,19). The maximum atomic E-state index is 13.5. The van der Waals surface area contributed by atoms with Crippen molar-refractivity contribution in [3.63, 3.8) is 0 Å². The number of hydrogen-bond acceptors (Lipinski definition) is 2. The number of hydrogen-bond donors (Lipinski definition) is 2. The van der Waals surface area contributed by atoms with Gasteiger partial charge >= 0.3 is 0 Å². The molecular weight excluding hydrogens is 318 g/mol. The third-order valence-corrected chi connectivity index (χ3v) is 2.90. The molecule has 0 bridgehead atoms. The summed E-state index contributed by atoms with van der Waals surface area (Å²) in [5.74, 6) is -2.09. The zero-order valence-corrected chi connectivity index (χ0v) is 11.2. The van der Waals surface area contributed by atoms with Crippen LogP contribution in [0.2, 0.25) is 0 Å². The van der Waals surface area contributed by atoms with Gasteiger partial charge in [-0.1, -0.05) is 15.9 Å². The van der Waals surface area contributed by atoms with Crippen LogP contribution in [0.1, 0.15) is 10.4 Å². The van der Waals surface area contributed by atoms with Crippen LogP contribution < -0.4 is 11.1 Å². The van der Waals surface area contributed by atoms with Gasteiger partial charge in [0.05, 0.1) is 11.3 Å². The third kappa shape index (κ3) is 3.08. The molecule has 6 heteroatoms. The van der Waals surface area contributed by atoms with Gasteiger partial charge in [0.1, 0.15) is 11.6 Å². The highest BCUT2D eigenvalue weighted by atomic mass is 79.9. The van der Waals surface area contributed by atoms with Crippen molar-refractivity contribution in [1.29, 1.82) is 0 Å². The molecule has 0 heterocycles. The van der Waals surface area contributed by atoms with Gasteiger partial charge in [0.2, 0.25) is 0 Å². The summed E-state index contributed by atoms with van der Waals surface area (Å²) in [6.07, 6.45) is 0. The molecule has 0 saturated heterocycles. The van der Waals surface area contributed by atoms with E-state index in [1.54, 1.807) is 0 Å². The van der Waals surface area contributed by atoms with Gasteiger partial charge in [0.25, 0.3) is 5.91 Å². The minimum absolute atomic E-state index is 0.0406. The second-order valence-corrected chi connectivity index (χ2v) is 4.73. The van der Waals surface area contributed by atoms with Gasteiger partial charge in [-0.15, -0.1) is 0 Å². The second kappa shape index (κ2) is 5.36. The average Bonchev–Trinajstić information content (AvgIpc) is 2.36. The van der Waals surface area contributed by atoms with Gasteiger partial charge in [-0.05, 0) is 36.4 Å². The van der Waals surface area contributed by atoms with E-state index in [1.807, 2.05) is 0 Å². The smallest absolute Gasteiger partial charge is 0.258 e. The van der Waals surface area contributed by atoms with E-state index in [0.717, 1.165) is 6.07 Å². The summed E-state index contributed by atoms with van der Waals surface area (Å²) < 4.78 is 27.5. The lowest BCUT2D eigenvalue weighted by Crippen LogP contribution is -2.15. The van der Waals surface area contributed by atoms with Crippen LogP contribution >= 0.6 is 15.9 Å². The predicted molar refractivity (Wildman–Crippen MR) is 72.9 cm³/mol. The minimum atomic E-state index is -0.762. The molecule has 2 aromatic carbocycles. The number of nitrogen functional groups attached to an aromatic ring is 1. The molecule has 0 aliphatic heterocycles. The fraction of sp³-hybridized carbons (Fsp3) is 0. The number of anilines is 2. The van der Waals surface area contributed by atoms with E-state index < -0.39 is 17.5 Å². The lowest BCUT2D eigenvalue weighted by molar-refractivity contribution is 0.102. The largest absolute Gasteiger partial charge is 0.399 e. The van der Waals surface area contributed by atoms with Crippen LogP contribution in [0.3, 0.4) is 0 Å². The summed E-state index contributed by atoms with van der Waals surface area (Å²) in [6, 6.07) is 7.69. The van der Waals surface area contributed by atoms with Gasteiger partial charge in [-0.3, -0.25) is 4.79 Å². The molecule has 1 amide bonds. The van der Waals surface area contributed by atoms with Crippen molar-refractivity contribution < 1.29 is 13.6 Å². The number of amides is 1. The van der Waals surface area contributed by atoms with E-state index in [-0.39, 0.29) is 16.9 Å². The molecule has 0 radical (unpaired) electrons. The first-order valence-corrected chi connectivity index (χ1v) is 6.08. The van der Waals surface area contributed by atoms with Crippen LogP contribution in [0.15, 0.2) is 40.9 Å². The van der Waals surface area contributed by atoms with Crippen molar-refractivity contribution in [2.45, 2.75) is 0 Å². The Morgan fingerprint density at radius 3 is 2.53 bits per heavy atom. The van der Waals surface area contributed by atoms with Crippen LogP contribution in [0, 0.1) is 11.6 Å². The van der Waals surface area contributed by atoms with Gasteiger partial charge in [0.15, 0.2) is 0 Å². The Bertz CT molecular complexity index is 647. The van der Waals surface area contributed by atoms with Crippen LogP contribution in [0.4, 0.5) is 20.2 Å². The summed E-state index contributed by atoms with van der Waals surface area (Å²) in [7, 11) is 0. The molecule has 2 rings (SSSR count). The third-order valence-electron chi connectivity index (χ3n) is 2.41. The van der Waals surface area contributed by atoms with Crippen LogP contribution in [-0.4, -0.2) is 5.91 Å². The van der Waals surface area contributed by atoms with Crippen molar-refractivity contribution >= 4 is 33.2 Å². The Morgan fingerprint density at radius 2 is 1.79 bits per heavy atom. The van der Waals surface area contributed by atoms with Gasteiger partial charge in [-0.2, -0.15) is 0 Å². The number of carbonyl (C=O) groups is 1. The summed E-state index contributed by atoms with van der Waals surface area (Å²) in [5.41, 5.74) is 5.46. The zero-order chi connectivity index (χ0) is 14.0. The highest BCUT2D eigenvalue weighted by Crippen LogP contribution is 2.21. The molecule has 0 fully saturated rings. The molecule has 0 spiro atoms. The molecule has 0 atom stereocenters. The molecule has 0 aliphatic rings. The SMILES string of the molecule is Nc1ccc(F)c(C(=O)Nc2cc(Br)ccc2F)c1. The molecule has 0 aromatic heterocycles. The average molecular weight is 327 g/mol. The van der Waals surface area contributed by atoms with Crippen molar-refractivity contribution in [2.24, 2.45) is 0 Å². The van der Waals surface area contributed by atoms with E-state index in [0.29, 0.717) is 4.47 Å². The summed E-state index contributed by atoms with van der Waals surface area (Å²) >= 11 is 3.16. The maximum Gasteiger partial charge on any atom is 0.258 e. The number of benzene rings is 2. The van der Waals surface area contributed by atoms with Crippen molar-refractivity contribution in [3.8, 4) is 0 Å². The lowest BCUT2D eigenvalue weighted by Gasteiger charge is -2.08. The molecular formula is C13H9BrF2N2O. The first-order chi connectivity index (χ1) is 8.97. The van der Waals surface area contributed by atoms with Gasteiger partial charge in [0, 0.05) is 10.2 Å². The van der Waals surface area contributed by atoms with E-state index in [4.69, 9.17) is 5.73 Å². The molecule has 3 N–H and O–H groups in total. The Kier molecular flexibility index (Phi) is 3.80. The summed E-state index contributed by atoms with van der Waals surface area (Å²) in [5, 5.41) is 2.30. The molecule has 0 saturated carbocycles. The maximum absolute atomic E-state index is 13.5. The molecule has 0 aliphatic carbocycles. The van der Waals surface area contributed by atoms with Crippen molar-refractivity contribution in [1.82, 2.24) is 0 Å². The number of carbonyl (C=O) groups excluding carboxylic acids is 1. The highest BCUT2D eigenvalue weighted by Gasteiger charge is 2.14. The Morgan fingerprint density at radius 1 is 1.11 bits per heavy atom. The lowest BCUT2D eigenvalue weighted by atomic mass is 10.1. The number of halogens is 3. The molecule has 19 heavy (non-hydrogen) atoms. The minimum Gasteiger partial charge on any atom is -0.399 e. The molecule has 2 aromatic rings. The van der Waals surface area contributed by atoms with Crippen LogP contribution in [0.25, 0.3) is 0 Å². The monoisotopic (exact) mass is 326 g/mol. The zero-order valence-electron chi connectivity index (χ0n) is 9.58. The molecule has 3 nitrogen and oxygen atoms in total. The van der Waals surface area contributed by atoms with Crippen molar-refractivity contribution in [2.75, 3.05) is 11.1 Å². The first kappa shape index (κ1) is 13.5. The Labute approximate surface area is 116 Å². The van der Waals surface area contributed by atoms with E-state index >= 15 is 0 Å². The number of nitrogens with one attached hydrogen (secondary N) is 1. The van der Waals surface area contributed by atoms with Gasteiger partial charge in [-0.25, -0.2) is 8.78 Å². The molecule has 98 valence electrons. The van der Waals surface area contributed by atoms with Crippen LogP contribution in [-0.2, 0) is 0 Å². The number of nitrogens with two attached hydrogens (primary N) is 1. The van der Waals surface area contributed by atoms with E-state index in [2.05, 4.69) is 21.2 Å². The van der Waals surface area contributed by atoms with Gasteiger partial charge < -0.3 is 11.1 Å². The molecule has 0 unspecified atom stereocenters. The summed E-state index contributed by atoms with van der Waals surface area (Å²) in [6.45, 7) is 0. The quantitative estimate of drug-likeness (QED) is 0.829. The summed E-state index contributed by atoms with van der Waals surface area (Å²) in [4.78, 5) is 11.9. The van der Waals surface area contributed by atoms with Crippen molar-refractivity contribution in [3.05, 3.63) is 58.1 Å². The topological polar surface area (TPSA) is 55.1 Å². The number of rotatable bonds is 2. The van der Waals surface area contributed by atoms with E-state index in [1.165, 1.54) is 30.3 Å². The Hall–Kier alpha value is -1.95.